The minimum absolute atomic E-state index is 0.149. The highest BCUT2D eigenvalue weighted by Crippen LogP contribution is 2.25. The van der Waals surface area contributed by atoms with Crippen LogP contribution in [0, 0.1) is 5.41 Å². The summed E-state index contributed by atoms with van der Waals surface area (Å²) in [6.07, 6.45) is 1.91. The zero-order chi connectivity index (χ0) is 8.48. The molecule has 2 nitrogen and oxygen atoms in total. The first kappa shape index (κ1) is 9.01. The quantitative estimate of drug-likeness (QED) is 0.553. The van der Waals surface area contributed by atoms with Crippen molar-refractivity contribution in [1.82, 2.24) is 5.32 Å². The van der Waals surface area contributed by atoms with Crippen LogP contribution in [0.25, 0.3) is 0 Å². The van der Waals surface area contributed by atoms with Gasteiger partial charge in [0.25, 0.3) is 0 Å². The Labute approximate surface area is 69.0 Å². The second-order valence-electron chi connectivity index (χ2n) is 4.51. The Hall–Kier alpha value is -0.0800. The van der Waals surface area contributed by atoms with Crippen molar-refractivity contribution in [3.63, 3.8) is 0 Å². The molecule has 1 saturated heterocycles. The summed E-state index contributed by atoms with van der Waals surface area (Å²) >= 11 is 0. The molecule has 1 heterocycles. The molecule has 1 fully saturated rings. The number of rotatable bonds is 0. The minimum Gasteiger partial charge on any atom is -0.391 e. The molecule has 0 spiro atoms. The van der Waals surface area contributed by atoms with E-state index in [1.165, 1.54) is 0 Å². The van der Waals surface area contributed by atoms with Gasteiger partial charge in [-0.1, -0.05) is 20.8 Å². The van der Waals surface area contributed by atoms with Crippen LogP contribution >= 0.6 is 0 Å². The molecule has 1 rings (SSSR count). The number of aliphatic hydroxyl groups excluding tert-OH is 1. The van der Waals surface area contributed by atoms with Gasteiger partial charge in [-0.25, -0.2) is 0 Å². The molecule has 0 aromatic heterocycles. The van der Waals surface area contributed by atoms with E-state index < -0.39 is 0 Å². The lowest BCUT2D eigenvalue weighted by Crippen LogP contribution is -2.52. The minimum atomic E-state index is -0.149. The Morgan fingerprint density at radius 3 is 2.36 bits per heavy atom. The fourth-order valence-corrected chi connectivity index (χ4v) is 1.75. The van der Waals surface area contributed by atoms with Gasteiger partial charge in [-0.15, -0.1) is 0 Å². The van der Waals surface area contributed by atoms with Crippen LogP contribution in [-0.4, -0.2) is 23.8 Å². The highest BCUT2D eigenvalue weighted by molar-refractivity contribution is 4.89. The van der Waals surface area contributed by atoms with E-state index in [2.05, 4.69) is 26.1 Å². The maximum absolute atomic E-state index is 9.64. The van der Waals surface area contributed by atoms with E-state index in [0.717, 1.165) is 19.4 Å². The highest BCUT2D eigenvalue weighted by Gasteiger charge is 2.32. The molecule has 0 aromatic carbocycles. The molecule has 66 valence electrons. The van der Waals surface area contributed by atoms with Gasteiger partial charge in [0.2, 0.25) is 0 Å². The number of nitrogens with one attached hydrogen (secondary N) is 1. The van der Waals surface area contributed by atoms with Crippen LogP contribution in [0.1, 0.15) is 33.6 Å². The molecule has 2 unspecified atom stereocenters. The topological polar surface area (TPSA) is 32.3 Å². The zero-order valence-electron chi connectivity index (χ0n) is 7.72. The zero-order valence-corrected chi connectivity index (χ0v) is 7.72. The Kier molecular flexibility index (Phi) is 2.55. The molecule has 0 aromatic rings. The van der Waals surface area contributed by atoms with E-state index in [1.807, 2.05) is 0 Å². The van der Waals surface area contributed by atoms with E-state index in [9.17, 15) is 5.11 Å². The molecule has 0 radical (unpaired) electrons. The van der Waals surface area contributed by atoms with Crippen molar-refractivity contribution in [2.75, 3.05) is 6.54 Å². The molecule has 0 saturated carbocycles. The maximum Gasteiger partial charge on any atom is 0.0698 e. The van der Waals surface area contributed by atoms with Crippen LogP contribution < -0.4 is 5.32 Å². The monoisotopic (exact) mass is 157 g/mol. The van der Waals surface area contributed by atoms with Crippen LogP contribution in [0.5, 0.6) is 0 Å². The summed E-state index contributed by atoms with van der Waals surface area (Å²) in [7, 11) is 0. The number of hydrogen-bond donors (Lipinski definition) is 2. The molecule has 1 aliphatic heterocycles. The maximum atomic E-state index is 9.64. The molecule has 0 bridgehead atoms. The van der Waals surface area contributed by atoms with Gasteiger partial charge >= 0.3 is 0 Å². The first-order valence-corrected chi connectivity index (χ1v) is 4.43. The first-order chi connectivity index (χ1) is 5.02. The van der Waals surface area contributed by atoms with Gasteiger partial charge in [0.05, 0.1) is 6.10 Å². The van der Waals surface area contributed by atoms with E-state index in [1.54, 1.807) is 0 Å². The van der Waals surface area contributed by atoms with Crippen LogP contribution in [0.3, 0.4) is 0 Å². The Balaban J connectivity index is 2.55. The van der Waals surface area contributed by atoms with Crippen LogP contribution in [0.15, 0.2) is 0 Å². The first-order valence-electron chi connectivity index (χ1n) is 4.43. The molecule has 2 N–H and O–H groups in total. The van der Waals surface area contributed by atoms with E-state index in [0.29, 0.717) is 0 Å². The predicted octanol–water partition coefficient (Wildman–Crippen LogP) is 1.15. The summed E-state index contributed by atoms with van der Waals surface area (Å²) in [6, 6.07) is 0.274. The van der Waals surface area contributed by atoms with Crippen LogP contribution in [0.4, 0.5) is 0 Å². The summed E-state index contributed by atoms with van der Waals surface area (Å²) in [5.41, 5.74) is 0.180. The Morgan fingerprint density at radius 1 is 1.36 bits per heavy atom. The standard InChI is InChI=1S/C9H19NO/c1-9(2,3)8-7(11)5-4-6-10-8/h7-8,10-11H,4-6H2,1-3H3. The Bertz CT molecular complexity index is 128. The van der Waals surface area contributed by atoms with Crippen molar-refractivity contribution in [1.29, 1.82) is 0 Å². The second kappa shape index (κ2) is 3.11. The Morgan fingerprint density at radius 2 is 2.00 bits per heavy atom. The van der Waals surface area contributed by atoms with E-state index in [4.69, 9.17) is 0 Å². The molecule has 0 amide bonds. The van der Waals surface area contributed by atoms with Crippen molar-refractivity contribution >= 4 is 0 Å². The fraction of sp³-hybridized carbons (Fsp3) is 1.00. The van der Waals surface area contributed by atoms with Gasteiger partial charge in [-0.3, -0.25) is 0 Å². The van der Waals surface area contributed by atoms with Crippen molar-refractivity contribution in [3.8, 4) is 0 Å². The summed E-state index contributed by atoms with van der Waals surface area (Å²) in [6.45, 7) is 7.55. The third-order valence-electron chi connectivity index (χ3n) is 2.36. The van der Waals surface area contributed by atoms with Gasteiger partial charge in [0.1, 0.15) is 0 Å². The van der Waals surface area contributed by atoms with Gasteiger partial charge in [0, 0.05) is 6.04 Å². The average Bonchev–Trinajstić information content (AvgIpc) is 1.86. The number of hydrogen-bond acceptors (Lipinski definition) is 2. The van der Waals surface area contributed by atoms with Crippen LogP contribution in [-0.2, 0) is 0 Å². The van der Waals surface area contributed by atoms with Crippen molar-refractivity contribution in [2.24, 2.45) is 5.41 Å². The SMILES string of the molecule is CC(C)(C)C1NCCCC1O. The second-order valence-corrected chi connectivity index (χ2v) is 4.51. The summed E-state index contributed by atoms with van der Waals surface area (Å²) in [5.74, 6) is 0. The van der Waals surface area contributed by atoms with Gasteiger partial charge in [-0.2, -0.15) is 0 Å². The van der Waals surface area contributed by atoms with Gasteiger partial charge in [-0.05, 0) is 24.8 Å². The van der Waals surface area contributed by atoms with E-state index in [-0.39, 0.29) is 17.6 Å². The number of aliphatic hydroxyl groups is 1. The molecule has 2 heteroatoms. The lowest BCUT2D eigenvalue weighted by atomic mass is 9.80. The number of piperidine rings is 1. The summed E-state index contributed by atoms with van der Waals surface area (Å²) in [5, 5.41) is 13.0. The van der Waals surface area contributed by atoms with Crippen molar-refractivity contribution < 1.29 is 5.11 Å². The normalized spacial score (nSPS) is 33.8. The third kappa shape index (κ3) is 2.17. The molecule has 1 aliphatic rings. The fourth-order valence-electron chi connectivity index (χ4n) is 1.75. The van der Waals surface area contributed by atoms with E-state index >= 15 is 0 Å². The highest BCUT2D eigenvalue weighted by atomic mass is 16.3. The largest absolute Gasteiger partial charge is 0.391 e. The van der Waals surface area contributed by atoms with Crippen LogP contribution in [0.2, 0.25) is 0 Å². The average molecular weight is 157 g/mol. The van der Waals surface area contributed by atoms with Crippen molar-refractivity contribution in [3.05, 3.63) is 0 Å². The molecule has 0 aliphatic carbocycles. The summed E-state index contributed by atoms with van der Waals surface area (Å²) < 4.78 is 0. The predicted molar refractivity (Wildman–Crippen MR) is 46.5 cm³/mol. The lowest BCUT2D eigenvalue weighted by molar-refractivity contribution is 0.0448. The molecule has 2 atom stereocenters. The molecular formula is C9H19NO. The molecule has 11 heavy (non-hydrogen) atoms. The third-order valence-corrected chi connectivity index (χ3v) is 2.36. The van der Waals surface area contributed by atoms with Gasteiger partial charge < -0.3 is 10.4 Å². The van der Waals surface area contributed by atoms with Gasteiger partial charge in [0.15, 0.2) is 0 Å². The van der Waals surface area contributed by atoms with Crippen molar-refractivity contribution in [2.45, 2.75) is 45.8 Å². The molecular weight excluding hydrogens is 138 g/mol. The smallest absolute Gasteiger partial charge is 0.0698 e. The summed E-state index contributed by atoms with van der Waals surface area (Å²) in [4.78, 5) is 0. The lowest BCUT2D eigenvalue weighted by Gasteiger charge is -2.38.